The summed E-state index contributed by atoms with van der Waals surface area (Å²) in [6.45, 7) is 9.40. The van der Waals surface area contributed by atoms with Crippen molar-refractivity contribution in [1.29, 1.82) is 0 Å². The van der Waals surface area contributed by atoms with Gasteiger partial charge in [0.15, 0.2) is 0 Å². The Kier molecular flexibility index (Phi) is 7.11. The third-order valence-electron chi connectivity index (χ3n) is 6.70. The predicted octanol–water partition coefficient (Wildman–Crippen LogP) is 5.76. The van der Waals surface area contributed by atoms with Gasteiger partial charge in [0, 0.05) is 30.5 Å². The first-order valence-corrected chi connectivity index (χ1v) is 11.9. The smallest absolute Gasteiger partial charge is 0.253 e. The van der Waals surface area contributed by atoms with Crippen molar-refractivity contribution < 1.29 is 4.79 Å². The molecule has 1 saturated heterocycles. The van der Waals surface area contributed by atoms with Gasteiger partial charge in [0.1, 0.15) is 0 Å². The monoisotopic (exact) mass is 429 g/mol. The number of nitrogens with one attached hydrogen (secondary N) is 1. The summed E-state index contributed by atoms with van der Waals surface area (Å²) in [5.41, 5.74) is 6.16. The topological polar surface area (TPSA) is 37.3 Å². The standard InChI is InChI=1S/C28H35N3O/c1-21-13-15-25(16-14-21)31-23(3)26(20-27(31)24-11-5-4-6-12-24)28(32)29-17-9-19-30-18-8-7-10-22(30)2/h4-6,11-16,20,22H,7-10,17-19H2,1-3H3,(H,29,32)/t22-/m0/s1. The highest BCUT2D eigenvalue weighted by molar-refractivity contribution is 5.97. The molecule has 1 aliphatic rings. The fraction of sp³-hybridized carbons (Fsp3) is 0.393. The molecule has 0 unspecified atom stereocenters. The van der Waals surface area contributed by atoms with Gasteiger partial charge in [-0.15, -0.1) is 0 Å². The molecule has 0 spiro atoms. The molecule has 2 aromatic carbocycles. The summed E-state index contributed by atoms with van der Waals surface area (Å²) in [7, 11) is 0. The van der Waals surface area contributed by atoms with Crippen molar-refractivity contribution >= 4 is 5.91 Å². The molecule has 4 heteroatoms. The maximum Gasteiger partial charge on any atom is 0.253 e. The van der Waals surface area contributed by atoms with Gasteiger partial charge < -0.3 is 14.8 Å². The number of aryl methyl sites for hydroxylation is 1. The van der Waals surface area contributed by atoms with Gasteiger partial charge in [0.25, 0.3) is 5.91 Å². The molecule has 2 heterocycles. The number of hydrogen-bond acceptors (Lipinski definition) is 2. The van der Waals surface area contributed by atoms with Crippen molar-refractivity contribution in [1.82, 2.24) is 14.8 Å². The Bertz CT molecular complexity index is 1040. The summed E-state index contributed by atoms with van der Waals surface area (Å²) in [4.78, 5) is 15.7. The Morgan fingerprint density at radius 1 is 1.03 bits per heavy atom. The van der Waals surface area contributed by atoms with Gasteiger partial charge in [-0.25, -0.2) is 0 Å². The quantitative estimate of drug-likeness (QED) is 0.485. The van der Waals surface area contributed by atoms with E-state index in [-0.39, 0.29) is 5.91 Å². The minimum atomic E-state index is 0.0113. The van der Waals surface area contributed by atoms with E-state index in [4.69, 9.17) is 0 Å². The minimum Gasteiger partial charge on any atom is -0.352 e. The van der Waals surface area contributed by atoms with E-state index in [1.165, 1.54) is 31.4 Å². The summed E-state index contributed by atoms with van der Waals surface area (Å²) in [5, 5.41) is 3.17. The number of likely N-dealkylation sites (tertiary alicyclic amines) is 1. The van der Waals surface area contributed by atoms with Gasteiger partial charge in [-0.05, 0) is 70.3 Å². The summed E-state index contributed by atoms with van der Waals surface area (Å²) in [5.74, 6) is 0.0113. The second kappa shape index (κ2) is 10.2. The number of rotatable bonds is 7. The molecule has 32 heavy (non-hydrogen) atoms. The van der Waals surface area contributed by atoms with Crippen molar-refractivity contribution in [2.45, 2.75) is 52.5 Å². The van der Waals surface area contributed by atoms with E-state index in [0.717, 1.165) is 41.2 Å². The van der Waals surface area contributed by atoms with E-state index >= 15 is 0 Å². The van der Waals surface area contributed by atoms with Crippen LogP contribution in [0.25, 0.3) is 16.9 Å². The largest absolute Gasteiger partial charge is 0.352 e. The molecule has 4 nitrogen and oxygen atoms in total. The lowest BCUT2D eigenvalue weighted by atomic mass is 10.0. The van der Waals surface area contributed by atoms with Crippen molar-refractivity contribution in [2.75, 3.05) is 19.6 Å². The lowest BCUT2D eigenvalue weighted by molar-refractivity contribution is 0.0948. The van der Waals surface area contributed by atoms with Crippen molar-refractivity contribution in [3.63, 3.8) is 0 Å². The molecule has 1 aliphatic heterocycles. The van der Waals surface area contributed by atoms with E-state index in [9.17, 15) is 4.79 Å². The zero-order valence-corrected chi connectivity index (χ0v) is 19.6. The van der Waals surface area contributed by atoms with Crippen molar-refractivity contribution in [3.8, 4) is 16.9 Å². The molecule has 1 atom stereocenters. The van der Waals surface area contributed by atoms with E-state index in [2.05, 4.69) is 65.0 Å². The molecular formula is C28H35N3O. The maximum absolute atomic E-state index is 13.1. The van der Waals surface area contributed by atoms with Gasteiger partial charge in [-0.3, -0.25) is 4.79 Å². The van der Waals surface area contributed by atoms with Crippen molar-refractivity contribution in [2.24, 2.45) is 0 Å². The van der Waals surface area contributed by atoms with E-state index in [1.807, 2.05) is 31.2 Å². The van der Waals surface area contributed by atoms with Crippen LogP contribution in [-0.2, 0) is 0 Å². The number of piperidine rings is 1. The second-order valence-electron chi connectivity index (χ2n) is 9.06. The maximum atomic E-state index is 13.1. The third kappa shape index (κ3) is 4.97. The van der Waals surface area contributed by atoms with Crippen LogP contribution in [-0.4, -0.2) is 41.1 Å². The van der Waals surface area contributed by atoms with Gasteiger partial charge in [-0.1, -0.05) is 54.4 Å². The Hall–Kier alpha value is -2.85. The van der Waals surface area contributed by atoms with Crippen molar-refractivity contribution in [3.05, 3.63) is 77.5 Å². The lowest BCUT2D eigenvalue weighted by Gasteiger charge is -2.33. The highest BCUT2D eigenvalue weighted by atomic mass is 16.1. The highest BCUT2D eigenvalue weighted by Crippen LogP contribution is 2.29. The summed E-state index contributed by atoms with van der Waals surface area (Å²) in [6, 6.07) is 21.5. The number of nitrogens with zero attached hydrogens (tertiary/aromatic N) is 2. The molecule has 3 aromatic rings. The second-order valence-corrected chi connectivity index (χ2v) is 9.06. The number of carbonyl (C=O) groups excluding carboxylic acids is 1. The first-order chi connectivity index (χ1) is 15.5. The zero-order chi connectivity index (χ0) is 22.5. The minimum absolute atomic E-state index is 0.0113. The average molecular weight is 430 g/mol. The molecule has 0 aliphatic carbocycles. The van der Waals surface area contributed by atoms with Crippen LogP contribution < -0.4 is 5.32 Å². The Labute approximate surface area is 192 Å². The van der Waals surface area contributed by atoms with Crippen LogP contribution in [0.1, 0.15) is 54.2 Å². The molecule has 4 rings (SSSR count). The normalized spacial score (nSPS) is 16.8. The summed E-state index contributed by atoms with van der Waals surface area (Å²) in [6.07, 6.45) is 4.92. The summed E-state index contributed by atoms with van der Waals surface area (Å²) < 4.78 is 2.19. The van der Waals surface area contributed by atoms with Crippen LogP contribution in [0.15, 0.2) is 60.7 Å². The molecule has 168 valence electrons. The van der Waals surface area contributed by atoms with E-state index in [1.54, 1.807) is 0 Å². The number of carbonyl (C=O) groups is 1. The summed E-state index contributed by atoms with van der Waals surface area (Å²) >= 11 is 0. The molecule has 0 saturated carbocycles. The van der Waals surface area contributed by atoms with Gasteiger partial charge >= 0.3 is 0 Å². The lowest BCUT2D eigenvalue weighted by Crippen LogP contribution is -2.39. The fourth-order valence-corrected chi connectivity index (χ4v) is 4.75. The van der Waals surface area contributed by atoms with Gasteiger partial charge in [0.2, 0.25) is 0 Å². The number of amides is 1. The van der Waals surface area contributed by atoms with Crippen LogP contribution >= 0.6 is 0 Å². The SMILES string of the molecule is Cc1ccc(-n2c(-c3ccccc3)cc(C(=O)NCCCN3CCCC[C@@H]3C)c2C)cc1. The number of benzene rings is 2. The number of hydrogen-bond donors (Lipinski definition) is 1. The van der Waals surface area contributed by atoms with Crippen LogP contribution in [0.5, 0.6) is 0 Å². The van der Waals surface area contributed by atoms with E-state index in [0.29, 0.717) is 12.6 Å². The molecule has 1 N–H and O–H groups in total. The first kappa shape index (κ1) is 22.3. The molecular weight excluding hydrogens is 394 g/mol. The molecule has 1 aromatic heterocycles. The van der Waals surface area contributed by atoms with E-state index < -0.39 is 0 Å². The van der Waals surface area contributed by atoms with Gasteiger partial charge in [-0.2, -0.15) is 0 Å². The van der Waals surface area contributed by atoms with Gasteiger partial charge in [0.05, 0.1) is 11.3 Å². The van der Waals surface area contributed by atoms with Crippen LogP contribution in [0.4, 0.5) is 0 Å². The number of aromatic nitrogens is 1. The van der Waals surface area contributed by atoms with Crippen LogP contribution in [0, 0.1) is 13.8 Å². The Balaban J connectivity index is 1.52. The highest BCUT2D eigenvalue weighted by Gasteiger charge is 2.20. The molecule has 0 radical (unpaired) electrons. The fourth-order valence-electron chi connectivity index (χ4n) is 4.75. The van der Waals surface area contributed by atoms with Crippen LogP contribution in [0.3, 0.4) is 0 Å². The average Bonchev–Trinajstić information content (AvgIpc) is 3.16. The third-order valence-corrected chi connectivity index (χ3v) is 6.70. The Morgan fingerprint density at radius 3 is 2.50 bits per heavy atom. The first-order valence-electron chi connectivity index (χ1n) is 11.9. The molecule has 1 amide bonds. The predicted molar refractivity (Wildman–Crippen MR) is 133 cm³/mol. The zero-order valence-electron chi connectivity index (χ0n) is 19.6. The Morgan fingerprint density at radius 2 is 1.78 bits per heavy atom. The molecule has 1 fully saturated rings. The molecule has 0 bridgehead atoms. The van der Waals surface area contributed by atoms with Crippen LogP contribution in [0.2, 0.25) is 0 Å².